The minimum absolute atomic E-state index is 0. The molecule has 0 bridgehead atoms. The zero-order valence-corrected chi connectivity index (χ0v) is 16.1. The SMILES string of the molecule is COC(=O)CCN1CCN(c2ccc(-c3ccc(C(=N)N)cc3)nn2)C1=O.Cl. The highest BCUT2D eigenvalue weighted by Crippen LogP contribution is 2.21. The first-order chi connectivity index (χ1) is 13.0. The summed E-state index contributed by atoms with van der Waals surface area (Å²) in [6.07, 6.45) is 0.164. The van der Waals surface area contributed by atoms with Gasteiger partial charge in [0.25, 0.3) is 0 Å². The molecule has 2 amide bonds. The number of aromatic nitrogens is 2. The predicted molar refractivity (Wildman–Crippen MR) is 107 cm³/mol. The Labute approximate surface area is 168 Å². The molecule has 0 radical (unpaired) electrons. The van der Waals surface area contributed by atoms with E-state index in [1.54, 1.807) is 29.2 Å². The molecule has 148 valence electrons. The molecular formula is C18H21ClN6O3. The second-order valence-electron chi connectivity index (χ2n) is 6.02. The summed E-state index contributed by atoms with van der Waals surface area (Å²) < 4.78 is 4.60. The number of esters is 1. The third-order valence-corrected chi connectivity index (χ3v) is 4.33. The van der Waals surface area contributed by atoms with E-state index < -0.39 is 0 Å². The number of carbonyl (C=O) groups is 2. The van der Waals surface area contributed by atoms with Gasteiger partial charge in [0.2, 0.25) is 0 Å². The number of nitrogens with zero attached hydrogens (tertiary/aromatic N) is 4. The Balaban J connectivity index is 0.00000280. The van der Waals surface area contributed by atoms with E-state index in [4.69, 9.17) is 11.1 Å². The Hall–Kier alpha value is -3.20. The molecule has 1 saturated heterocycles. The summed E-state index contributed by atoms with van der Waals surface area (Å²) >= 11 is 0. The lowest BCUT2D eigenvalue weighted by Crippen LogP contribution is -2.33. The monoisotopic (exact) mass is 404 g/mol. The average molecular weight is 405 g/mol. The number of hydrogen-bond acceptors (Lipinski definition) is 6. The van der Waals surface area contributed by atoms with Crippen molar-refractivity contribution in [2.45, 2.75) is 6.42 Å². The number of urea groups is 1. The van der Waals surface area contributed by atoms with Crippen LogP contribution in [0, 0.1) is 5.41 Å². The van der Waals surface area contributed by atoms with Gasteiger partial charge in [0.15, 0.2) is 5.82 Å². The van der Waals surface area contributed by atoms with Gasteiger partial charge in [-0.15, -0.1) is 22.6 Å². The number of nitrogen functional groups attached to an aromatic ring is 1. The van der Waals surface area contributed by atoms with E-state index in [1.165, 1.54) is 12.0 Å². The number of ether oxygens (including phenoxy) is 1. The molecule has 28 heavy (non-hydrogen) atoms. The Bertz CT molecular complexity index is 857. The van der Waals surface area contributed by atoms with Gasteiger partial charge >= 0.3 is 12.0 Å². The maximum absolute atomic E-state index is 12.5. The van der Waals surface area contributed by atoms with Crippen LogP contribution < -0.4 is 10.6 Å². The lowest BCUT2D eigenvalue weighted by Gasteiger charge is -2.17. The summed E-state index contributed by atoms with van der Waals surface area (Å²) in [5.41, 5.74) is 7.58. The Morgan fingerprint density at radius 3 is 2.46 bits per heavy atom. The van der Waals surface area contributed by atoms with Crippen LogP contribution in [0.4, 0.5) is 10.6 Å². The molecule has 10 heteroatoms. The molecule has 0 saturated carbocycles. The number of rotatable bonds is 6. The standard InChI is InChI=1S/C18H20N6O3.ClH/c1-27-16(25)8-9-23-10-11-24(18(23)26)15-7-6-14(21-22-15)12-2-4-13(5-3-12)17(19)20;/h2-7H,8-11H2,1H3,(H3,19,20);1H. The van der Waals surface area contributed by atoms with E-state index >= 15 is 0 Å². The van der Waals surface area contributed by atoms with Crippen molar-refractivity contribution in [2.24, 2.45) is 5.73 Å². The number of amidine groups is 1. The van der Waals surface area contributed by atoms with Crippen molar-refractivity contribution in [1.82, 2.24) is 15.1 Å². The maximum Gasteiger partial charge on any atom is 0.325 e. The number of nitrogens with one attached hydrogen (secondary N) is 1. The van der Waals surface area contributed by atoms with Crippen molar-refractivity contribution >= 4 is 36.1 Å². The number of benzene rings is 1. The van der Waals surface area contributed by atoms with Crippen LogP contribution >= 0.6 is 12.4 Å². The Morgan fingerprint density at radius 2 is 1.89 bits per heavy atom. The maximum atomic E-state index is 12.5. The second kappa shape index (κ2) is 9.14. The molecule has 3 rings (SSSR count). The van der Waals surface area contributed by atoms with E-state index in [0.29, 0.717) is 36.7 Å². The van der Waals surface area contributed by atoms with Gasteiger partial charge in [-0.05, 0) is 12.1 Å². The lowest BCUT2D eigenvalue weighted by atomic mass is 10.1. The minimum atomic E-state index is -0.346. The largest absolute Gasteiger partial charge is 0.469 e. The number of nitrogens with two attached hydrogens (primary N) is 1. The number of carbonyl (C=O) groups excluding carboxylic acids is 2. The number of halogens is 1. The third-order valence-electron chi connectivity index (χ3n) is 4.33. The van der Waals surface area contributed by atoms with E-state index in [9.17, 15) is 9.59 Å². The number of amides is 2. The number of hydrogen-bond donors (Lipinski definition) is 2. The van der Waals surface area contributed by atoms with Crippen LogP contribution in [-0.4, -0.2) is 59.7 Å². The molecule has 0 unspecified atom stereocenters. The van der Waals surface area contributed by atoms with Crippen molar-refractivity contribution in [3.63, 3.8) is 0 Å². The smallest absolute Gasteiger partial charge is 0.325 e. The first-order valence-corrected chi connectivity index (χ1v) is 8.41. The molecule has 2 aromatic rings. The first kappa shape index (κ1) is 21.1. The molecular weight excluding hydrogens is 384 g/mol. The molecule has 1 aliphatic heterocycles. The van der Waals surface area contributed by atoms with Crippen LogP contribution in [-0.2, 0) is 9.53 Å². The summed E-state index contributed by atoms with van der Waals surface area (Å²) in [7, 11) is 1.32. The van der Waals surface area contributed by atoms with Crippen molar-refractivity contribution in [3.8, 4) is 11.3 Å². The fourth-order valence-electron chi connectivity index (χ4n) is 2.77. The minimum Gasteiger partial charge on any atom is -0.469 e. The van der Waals surface area contributed by atoms with Crippen LogP contribution in [0.1, 0.15) is 12.0 Å². The molecule has 0 atom stereocenters. The predicted octanol–water partition coefficient (Wildman–Crippen LogP) is 1.65. The van der Waals surface area contributed by atoms with Crippen LogP contribution in [0.15, 0.2) is 36.4 Å². The average Bonchev–Trinajstić information content (AvgIpc) is 3.06. The Morgan fingerprint density at radius 1 is 1.18 bits per heavy atom. The fourth-order valence-corrected chi connectivity index (χ4v) is 2.77. The highest BCUT2D eigenvalue weighted by Gasteiger charge is 2.30. The molecule has 9 nitrogen and oxygen atoms in total. The van der Waals surface area contributed by atoms with Crippen LogP contribution in [0.3, 0.4) is 0 Å². The van der Waals surface area contributed by atoms with Crippen molar-refractivity contribution in [3.05, 3.63) is 42.0 Å². The van der Waals surface area contributed by atoms with Gasteiger partial charge in [-0.25, -0.2) is 4.79 Å². The lowest BCUT2D eigenvalue weighted by molar-refractivity contribution is -0.140. The third kappa shape index (κ3) is 4.55. The van der Waals surface area contributed by atoms with Crippen LogP contribution in [0.5, 0.6) is 0 Å². The first-order valence-electron chi connectivity index (χ1n) is 8.41. The van der Waals surface area contributed by atoms with E-state index in [2.05, 4.69) is 14.9 Å². The van der Waals surface area contributed by atoms with Gasteiger partial charge in [0, 0.05) is 30.8 Å². The van der Waals surface area contributed by atoms with Crippen molar-refractivity contribution in [1.29, 1.82) is 5.41 Å². The van der Waals surface area contributed by atoms with E-state index in [0.717, 1.165) is 5.56 Å². The van der Waals surface area contributed by atoms with Gasteiger partial charge in [0.05, 0.1) is 19.2 Å². The summed E-state index contributed by atoms with van der Waals surface area (Å²) in [6, 6.07) is 10.4. The molecule has 0 aliphatic carbocycles. The van der Waals surface area contributed by atoms with Gasteiger partial charge in [-0.3, -0.25) is 15.1 Å². The quantitative estimate of drug-likeness (QED) is 0.428. The van der Waals surface area contributed by atoms with Gasteiger partial charge in [-0.2, -0.15) is 0 Å². The zero-order chi connectivity index (χ0) is 19.4. The van der Waals surface area contributed by atoms with E-state index in [1.807, 2.05) is 12.1 Å². The summed E-state index contributed by atoms with van der Waals surface area (Å²) in [4.78, 5) is 26.8. The van der Waals surface area contributed by atoms with Gasteiger partial charge in [0.1, 0.15) is 5.84 Å². The van der Waals surface area contributed by atoms with E-state index in [-0.39, 0.29) is 36.7 Å². The van der Waals surface area contributed by atoms with Crippen molar-refractivity contribution < 1.29 is 14.3 Å². The Kier molecular flexibility index (Phi) is 6.89. The fraction of sp³-hybridized carbons (Fsp3) is 0.278. The summed E-state index contributed by atoms with van der Waals surface area (Å²) in [6.45, 7) is 1.32. The molecule has 0 spiro atoms. The molecule has 1 aromatic heterocycles. The number of methoxy groups -OCH3 is 1. The molecule has 1 aromatic carbocycles. The van der Waals surface area contributed by atoms with Crippen LogP contribution in [0.25, 0.3) is 11.3 Å². The molecule has 1 fully saturated rings. The second-order valence-corrected chi connectivity index (χ2v) is 6.02. The normalized spacial score (nSPS) is 13.2. The number of anilines is 1. The van der Waals surface area contributed by atoms with Gasteiger partial charge < -0.3 is 15.4 Å². The summed E-state index contributed by atoms with van der Waals surface area (Å²) in [5, 5.41) is 15.8. The molecule has 2 heterocycles. The topological polar surface area (TPSA) is 126 Å². The van der Waals surface area contributed by atoms with Crippen LogP contribution in [0.2, 0.25) is 0 Å². The van der Waals surface area contributed by atoms with Crippen molar-refractivity contribution in [2.75, 3.05) is 31.6 Å². The highest BCUT2D eigenvalue weighted by atomic mass is 35.5. The highest BCUT2D eigenvalue weighted by molar-refractivity contribution is 5.95. The van der Waals surface area contributed by atoms with Gasteiger partial charge in [-0.1, -0.05) is 24.3 Å². The zero-order valence-electron chi connectivity index (χ0n) is 15.3. The molecule has 3 N–H and O–H groups in total. The summed E-state index contributed by atoms with van der Waals surface area (Å²) in [5.74, 6) is 0.123. The molecule has 1 aliphatic rings.